The average Bonchev–Trinajstić information content (AvgIpc) is 3.00. The van der Waals surface area contributed by atoms with E-state index >= 15 is 0 Å². The number of nitrogens with zero attached hydrogens (tertiary/aromatic N) is 2. The van der Waals surface area contributed by atoms with E-state index in [1.807, 2.05) is 0 Å². The first kappa shape index (κ1) is 14.8. The summed E-state index contributed by atoms with van der Waals surface area (Å²) in [6, 6.07) is 2.82. The number of rotatable bonds is 3. The molecule has 3 rings (SSSR count). The number of sulfone groups is 1. The number of carbonyl (C=O) groups excluding carboxylic acids is 1. The maximum absolute atomic E-state index is 12.6. The molecule has 22 heavy (non-hydrogen) atoms. The van der Waals surface area contributed by atoms with Crippen molar-refractivity contribution < 1.29 is 13.2 Å². The molecule has 1 aliphatic rings. The SMILES string of the molecule is CCN(C(=O)c1ccc2[nH]c(=O)[nH]c2n1)C1CCS(=O)(=O)C1. The molecule has 2 aromatic heterocycles. The van der Waals surface area contributed by atoms with E-state index in [1.165, 1.54) is 11.0 Å². The Morgan fingerprint density at radius 3 is 2.82 bits per heavy atom. The van der Waals surface area contributed by atoms with Crippen molar-refractivity contribution in [1.82, 2.24) is 19.9 Å². The number of nitrogens with one attached hydrogen (secondary N) is 2. The summed E-state index contributed by atoms with van der Waals surface area (Å²) in [5.41, 5.74) is 0.634. The van der Waals surface area contributed by atoms with Gasteiger partial charge in [0.05, 0.1) is 17.0 Å². The maximum atomic E-state index is 12.6. The Hall–Kier alpha value is -2.16. The third kappa shape index (κ3) is 2.63. The van der Waals surface area contributed by atoms with E-state index < -0.39 is 9.84 Å². The van der Waals surface area contributed by atoms with Crippen molar-refractivity contribution in [3.63, 3.8) is 0 Å². The van der Waals surface area contributed by atoms with Crippen molar-refractivity contribution in [2.75, 3.05) is 18.1 Å². The van der Waals surface area contributed by atoms with Gasteiger partial charge in [-0.15, -0.1) is 0 Å². The van der Waals surface area contributed by atoms with E-state index in [2.05, 4.69) is 15.0 Å². The van der Waals surface area contributed by atoms with Crippen LogP contribution >= 0.6 is 0 Å². The molecule has 0 bridgehead atoms. The fraction of sp³-hybridized carbons (Fsp3) is 0.462. The van der Waals surface area contributed by atoms with E-state index in [9.17, 15) is 18.0 Å². The number of fused-ring (bicyclic) bond motifs is 1. The van der Waals surface area contributed by atoms with Crippen LogP contribution in [-0.2, 0) is 9.84 Å². The third-order valence-electron chi connectivity index (χ3n) is 3.85. The van der Waals surface area contributed by atoms with Crippen molar-refractivity contribution in [2.45, 2.75) is 19.4 Å². The lowest BCUT2D eigenvalue weighted by Gasteiger charge is -2.26. The topological polar surface area (TPSA) is 116 Å². The van der Waals surface area contributed by atoms with Crippen LogP contribution in [0.1, 0.15) is 23.8 Å². The van der Waals surface area contributed by atoms with Gasteiger partial charge < -0.3 is 9.88 Å². The van der Waals surface area contributed by atoms with Gasteiger partial charge in [0.25, 0.3) is 5.91 Å². The van der Waals surface area contributed by atoms with Gasteiger partial charge in [-0.2, -0.15) is 0 Å². The number of pyridine rings is 1. The molecule has 8 nitrogen and oxygen atoms in total. The van der Waals surface area contributed by atoms with Crippen LogP contribution in [0.2, 0.25) is 0 Å². The molecule has 9 heteroatoms. The summed E-state index contributed by atoms with van der Waals surface area (Å²) in [6.07, 6.45) is 0.450. The Kier molecular flexibility index (Phi) is 3.51. The molecule has 1 fully saturated rings. The van der Waals surface area contributed by atoms with Gasteiger partial charge in [0.15, 0.2) is 15.5 Å². The third-order valence-corrected chi connectivity index (χ3v) is 5.60. The van der Waals surface area contributed by atoms with Crippen LogP contribution < -0.4 is 5.69 Å². The number of aromatic amines is 2. The quantitative estimate of drug-likeness (QED) is 0.818. The lowest BCUT2D eigenvalue weighted by atomic mass is 10.2. The normalized spacial score (nSPS) is 20.3. The molecule has 1 unspecified atom stereocenters. The molecule has 0 radical (unpaired) electrons. The predicted molar refractivity (Wildman–Crippen MR) is 80.5 cm³/mol. The highest BCUT2D eigenvalue weighted by Gasteiger charge is 2.34. The number of hydrogen-bond donors (Lipinski definition) is 2. The number of H-pyrrole nitrogens is 2. The summed E-state index contributed by atoms with van der Waals surface area (Å²) in [5.74, 6) is -0.219. The fourth-order valence-electron chi connectivity index (χ4n) is 2.77. The minimum absolute atomic E-state index is 0.00415. The van der Waals surface area contributed by atoms with Gasteiger partial charge in [-0.25, -0.2) is 18.2 Å². The standard InChI is InChI=1S/C13H16N4O4S/c1-2-17(8-5-6-22(20,21)7-8)12(18)10-4-3-9-11(14-10)16-13(19)15-9/h3-4,8H,2,5-7H2,1H3,(H2,14,15,16,19). The second-order valence-electron chi connectivity index (χ2n) is 5.32. The molecule has 1 saturated heterocycles. The number of carbonyl (C=O) groups is 1. The summed E-state index contributed by atoms with van der Waals surface area (Å²) in [7, 11) is -3.06. The predicted octanol–water partition coefficient (Wildman–Crippen LogP) is -0.0996. The number of amides is 1. The second kappa shape index (κ2) is 5.24. The van der Waals surface area contributed by atoms with E-state index in [-0.39, 0.29) is 34.8 Å². The minimum atomic E-state index is -3.06. The first-order valence-electron chi connectivity index (χ1n) is 7.00. The first-order chi connectivity index (χ1) is 10.4. The lowest BCUT2D eigenvalue weighted by Crippen LogP contribution is -2.41. The molecule has 0 spiro atoms. The van der Waals surface area contributed by atoms with Crippen molar-refractivity contribution >= 4 is 26.9 Å². The Bertz CT molecular complexity index is 883. The van der Waals surface area contributed by atoms with Crippen LogP contribution in [0.25, 0.3) is 11.2 Å². The molecular weight excluding hydrogens is 308 g/mol. The van der Waals surface area contributed by atoms with Gasteiger partial charge >= 0.3 is 5.69 Å². The van der Waals surface area contributed by atoms with Gasteiger partial charge in [0, 0.05) is 12.6 Å². The first-order valence-corrected chi connectivity index (χ1v) is 8.82. The summed E-state index contributed by atoms with van der Waals surface area (Å²) in [6.45, 7) is 2.21. The highest BCUT2D eigenvalue weighted by atomic mass is 32.2. The van der Waals surface area contributed by atoms with Crippen molar-refractivity contribution in [3.8, 4) is 0 Å². The molecule has 1 atom stereocenters. The summed E-state index contributed by atoms with van der Waals surface area (Å²) < 4.78 is 23.2. The van der Waals surface area contributed by atoms with Gasteiger partial charge in [0.2, 0.25) is 0 Å². The van der Waals surface area contributed by atoms with E-state index in [1.54, 1.807) is 13.0 Å². The monoisotopic (exact) mass is 324 g/mol. The average molecular weight is 324 g/mol. The minimum Gasteiger partial charge on any atom is -0.334 e. The van der Waals surface area contributed by atoms with Gasteiger partial charge in [-0.1, -0.05) is 0 Å². The smallest absolute Gasteiger partial charge is 0.325 e. The number of aromatic nitrogens is 3. The molecule has 0 saturated carbocycles. The molecule has 1 amide bonds. The molecule has 2 N–H and O–H groups in total. The van der Waals surface area contributed by atoms with Crippen molar-refractivity contribution in [1.29, 1.82) is 0 Å². The summed E-state index contributed by atoms with van der Waals surface area (Å²) in [4.78, 5) is 34.6. The zero-order valence-corrected chi connectivity index (χ0v) is 12.8. The zero-order valence-electron chi connectivity index (χ0n) is 12.0. The maximum Gasteiger partial charge on any atom is 0.325 e. The van der Waals surface area contributed by atoms with E-state index in [0.717, 1.165) is 0 Å². The van der Waals surface area contributed by atoms with Crippen LogP contribution in [0.4, 0.5) is 0 Å². The molecule has 0 aromatic carbocycles. The Morgan fingerprint density at radius 2 is 2.18 bits per heavy atom. The second-order valence-corrected chi connectivity index (χ2v) is 7.55. The highest BCUT2D eigenvalue weighted by Crippen LogP contribution is 2.19. The van der Waals surface area contributed by atoms with Crippen LogP contribution in [0.5, 0.6) is 0 Å². The number of hydrogen-bond acceptors (Lipinski definition) is 5. The van der Waals surface area contributed by atoms with Crippen molar-refractivity contribution in [3.05, 3.63) is 28.3 Å². The molecule has 118 valence electrons. The zero-order chi connectivity index (χ0) is 15.9. The van der Waals surface area contributed by atoms with Crippen LogP contribution in [0.3, 0.4) is 0 Å². The van der Waals surface area contributed by atoms with Gasteiger partial charge in [0.1, 0.15) is 5.69 Å². The van der Waals surface area contributed by atoms with Gasteiger partial charge in [-0.3, -0.25) is 9.78 Å². The van der Waals surface area contributed by atoms with Crippen molar-refractivity contribution in [2.24, 2.45) is 0 Å². The summed E-state index contributed by atoms with van der Waals surface area (Å²) in [5, 5.41) is 0. The summed E-state index contributed by atoms with van der Waals surface area (Å²) >= 11 is 0. The van der Waals surface area contributed by atoms with Gasteiger partial charge in [-0.05, 0) is 25.5 Å². The molecular formula is C13H16N4O4S. The van der Waals surface area contributed by atoms with Crippen LogP contribution in [0.15, 0.2) is 16.9 Å². The lowest BCUT2D eigenvalue weighted by molar-refractivity contribution is 0.0702. The largest absolute Gasteiger partial charge is 0.334 e. The Labute approximate surface area is 126 Å². The molecule has 0 aliphatic carbocycles. The fourth-order valence-corrected chi connectivity index (χ4v) is 4.50. The van der Waals surface area contributed by atoms with E-state index in [0.29, 0.717) is 24.1 Å². The van der Waals surface area contributed by atoms with Crippen LogP contribution in [0, 0.1) is 0 Å². The Morgan fingerprint density at radius 1 is 1.41 bits per heavy atom. The van der Waals surface area contributed by atoms with E-state index in [4.69, 9.17) is 0 Å². The number of imidazole rings is 1. The highest BCUT2D eigenvalue weighted by molar-refractivity contribution is 7.91. The molecule has 3 heterocycles. The molecule has 1 aliphatic heterocycles. The Balaban J connectivity index is 1.91. The van der Waals surface area contributed by atoms with Crippen LogP contribution in [-0.4, -0.2) is 58.3 Å². The molecule has 2 aromatic rings.